The van der Waals surface area contributed by atoms with Gasteiger partial charge in [-0.3, -0.25) is 4.79 Å². The van der Waals surface area contributed by atoms with E-state index in [1.54, 1.807) is 6.07 Å². The molecular weight excluding hydrogens is 240 g/mol. The highest BCUT2D eigenvalue weighted by atomic mass is 16.5. The molecular formula is C15H22N2O2. The molecule has 104 valence electrons. The van der Waals surface area contributed by atoms with Crippen LogP contribution < -0.4 is 15.8 Å². The fourth-order valence-corrected chi connectivity index (χ4v) is 2.01. The molecule has 0 spiro atoms. The Morgan fingerprint density at radius 3 is 2.74 bits per heavy atom. The number of fused-ring (bicyclic) bond motifs is 1. The molecule has 1 aromatic carbocycles. The molecule has 0 aromatic heterocycles. The van der Waals surface area contributed by atoms with Gasteiger partial charge in [0.15, 0.2) is 0 Å². The van der Waals surface area contributed by atoms with Gasteiger partial charge in [-0.2, -0.15) is 0 Å². The molecule has 1 heterocycles. The first kappa shape index (κ1) is 13.7. The van der Waals surface area contributed by atoms with Gasteiger partial charge in [-0.25, -0.2) is 0 Å². The Morgan fingerprint density at radius 1 is 1.32 bits per heavy atom. The number of aryl methyl sites for hydroxylation is 1. The maximum absolute atomic E-state index is 11.3. The van der Waals surface area contributed by atoms with E-state index in [1.165, 1.54) is 0 Å². The van der Waals surface area contributed by atoms with Crippen molar-refractivity contribution >= 4 is 17.3 Å². The van der Waals surface area contributed by atoms with Crippen LogP contribution in [0.3, 0.4) is 0 Å². The maximum atomic E-state index is 11.3. The predicted molar refractivity (Wildman–Crippen MR) is 77.4 cm³/mol. The topological polar surface area (TPSA) is 64.3 Å². The van der Waals surface area contributed by atoms with Gasteiger partial charge in [0, 0.05) is 12.1 Å². The highest BCUT2D eigenvalue weighted by Gasteiger charge is 2.17. The zero-order valence-electron chi connectivity index (χ0n) is 11.9. The third-order valence-corrected chi connectivity index (χ3v) is 3.24. The molecule has 4 nitrogen and oxygen atoms in total. The number of ether oxygens (including phenoxy) is 1. The van der Waals surface area contributed by atoms with Crippen molar-refractivity contribution in [1.82, 2.24) is 0 Å². The molecule has 0 saturated heterocycles. The van der Waals surface area contributed by atoms with E-state index >= 15 is 0 Å². The Bertz CT molecular complexity index is 490. The zero-order valence-corrected chi connectivity index (χ0v) is 11.9. The summed E-state index contributed by atoms with van der Waals surface area (Å²) in [6, 6.07) is 3.74. The third-order valence-electron chi connectivity index (χ3n) is 3.24. The minimum atomic E-state index is 0.0494. The average Bonchev–Trinajstić information content (AvgIpc) is 2.28. The summed E-state index contributed by atoms with van der Waals surface area (Å²) >= 11 is 0. The van der Waals surface area contributed by atoms with E-state index in [9.17, 15) is 4.79 Å². The fourth-order valence-electron chi connectivity index (χ4n) is 2.01. The molecule has 0 atom stereocenters. The van der Waals surface area contributed by atoms with E-state index in [-0.39, 0.29) is 11.3 Å². The summed E-state index contributed by atoms with van der Waals surface area (Å²) in [5.74, 6) is 0.771. The Labute approximate surface area is 114 Å². The normalized spacial score (nSPS) is 14.8. The summed E-state index contributed by atoms with van der Waals surface area (Å²) < 4.78 is 5.77. The summed E-state index contributed by atoms with van der Waals surface area (Å²) in [5, 5.41) is 2.83. The molecule has 0 saturated carbocycles. The van der Waals surface area contributed by atoms with E-state index in [1.807, 2.05) is 6.07 Å². The summed E-state index contributed by atoms with van der Waals surface area (Å²) in [7, 11) is 0. The summed E-state index contributed by atoms with van der Waals surface area (Å²) in [4.78, 5) is 11.3. The molecule has 1 amide bonds. The van der Waals surface area contributed by atoms with Gasteiger partial charge in [-0.15, -0.1) is 0 Å². The van der Waals surface area contributed by atoms with Gasteiger partial charge in [-0.1, -0.05) is 20.8 Å². The standard InChI is InChI=1S/C15H22N2O2/c1-15(2,3)6-7-19-13-8-10-4-5-14(18)17-12(10)9-11(13)16/h8-9H,4-7,16H2,1-3H3,(H,17,18). The lowest BCUT2D eigenvalue weighted by atomic mass is 9.93. The van der Waals surface area contributed by atoms with Crippen molar-refractivity contribution in [3.05, 3.63) is 17.7 Å². The molecule has 0 aliphatic carbocycles. The molecule has 4 heteroatoms. The lowest BCUT2D eigenvalue weighted by molar-refractivity contribution is -0.116. The third kappa shape index (κ3) is 3.63. The lowest BCUT2D eigenvalue weighted by Gasteiger charge is -2.21. The molecule has 1 aromatic rings. The number of amides is 1. The van der Waals surface area contributed by atoms with Crippen LogP contribution in [0.2, 0.25) is 0 Å². The highest BCUT2D eigenvalue weighted by molar-refractivity contribution is 5.94. The average molecular weight is 262 g/mol. The van der Waals surface area contributed by atoms with Crippen molar-refractivity contribution in [3.63, 3.8) is 0 Å². The smallest absolute Gasteiger partial charge is 0.224 e. The second kappa shape index (κ2) is 5.11. The van der Waals surface area contributed by atoms with E-state index in [2.05, 4.69) is 26.1 Å². The van der Waals surface area contributed by atoms with E-state index < -0.39 is 0 Å². The van der Waals surface area contributed by atoms with Crippen LogP contribution in [0, 0.1) is 5.41 Å². The van der Waals surface area contributed by atoms with Gasteiger partial charge in [0.05, 0.1) is 12.3 Å². The van der Waals surface area contributed by atoms with Crippen LogP contribution >= 0.6 is 0 Å². The summed E-state index contributed by atoms with van der Waals surface area (Å²) in [5.41, 5.74) is 8.70. The predicted octanol–water partition coefficient (Wildman–Crippen LogP) is 2.97. The van der Waals surface area contributed by atoms with Crippen LogP contribution in [0.4, 0.5) is 11.4 Å². The quantitative estimate of drug-likeness (QED) is 0.823. The lowest BCUT2D eigenvalue weighted by Crippen LogP contribution is -2.19. The van der Waals surface area contributed by atoms with Crippen molar-refractivity contribution in [2.45, 2.75) is 40.0 Å². The SMILES string of the molecule is CC(C)(C)CCOc1cc2c(cc1N)NC(=O)CC2. The Hall–Kier alpha value is -1.71. The fraction of sp³-hybridized carbons (Fsp3) is 0.533. The second-order valence-electron chi connectivity index (χ2n) is 6.25. The molecule has 2 rings (SSSR count). The molecule has 3 N–H and O–H groups in total. The first-order valence-corrected chi connectivity index (χ1v) is 6.70. The van der Waals surface area contributed by atoms with Gasteiger partial charge in [0.2, 0.25) is 5.91 Å². The van der Waals surface area contributed by atoms with Gasteiger partial charge in [-0.05, 0) is 36.0 Å². The molecule has 0 unspecified atom stereocenters. The molecule has 0 bridgehead atoms. The molecule has 19 heavy (non-hydrogen) atoms. The highest BCUT2D eigenvalue weighted by Crippen LogP contribution is 2.33. The summed E-state index contributed by atoms with van der Waals surface area (Å²) in [6.07, 6.45) is 2.25. The number of nitrogen functional groups attached to an aromatic ring is 1. The van der Waals surface area contributed by atoms with Crippen molar-refractivity contribution in [2.24, 2.45) is 5.41 Å². The van der Waals surface area contributed by atoms with Gasteiger partial charge in [0.25, 0.3) is 0 Å². The number of hydrogen-bond acceptors (Lipinski definition) is 3. The van der Waals surface area contributed by atoms with Gasteiger partial charge in [0.1, 0.15) is 5.75 Å². The zero-order chi connectivity index (χ0) is 14.0. The van der Waals surface area contributed by atoms with Crippen LogP contribution in [0.25, 0.3) is 0 Å². The van der Waals surface area contributed by atoms with Crippen LogP contribution in [0.15, 0.2) is 12.1 Å². The van der Waals surface area contributed by atoms with Crippen molar-refractivity contribution in [3.8, 4) is 5.75 Å². The maximum Gasteiger partial charge on any atom is 0.224 e. The van der Waals surface area contributed by atoms with Gasteiger partial charge < -0.3 is 15.8 Å². The van der Waals surface area contributed by atoms with Gasteiger partial charge >= 0.3 is 0 Å². The Balaban J connectivity index is 2.08. The van der Waals surface area contributed by atoms with Crippen LogP contribution in [-0.4, -0.2) is 12.5 Å². The number of hydrogen-bond donors (Lipinski definition) is 2. The van der Waals surface area contributed by atoms with E-state index in [0.717, 1.165) is 29.8 Å². The van der Waals surface area contributed by atoms with Crippen LogP contribution in [0.5, 0.6) is 5.75 Å². The first-order chi connectivity index (χ1) is 8.85. The van der Waals surface area contributed by atoms with E-state index in [4.69, 9.17) is 10.5 Å². The number of carbonyl (C=O) groups is 1. The number of carbonyl (C=O) groups excluding carboxylic acids is 1. The van der Waals surface area contributed by atoms with Crippen molar-refractivity contribution in [2.75, 3.05) is 17.7 Å². The van der Waals surface area contributed by atoms with Crippen LogP contribution in [0.1, 0.15) is 39.2 Å². The molecule has 0 fully saturated rings. The van der Waals surface area contributed by atoms with Crippen molar-refractivity contribution < 1.29 is 9.53 Å². The minimum Gasteiger partial charge on any atom is -0.491 e. The van der Waals surface area contributed by atoms with Crippen LogP contribution in [-0.2, 0) is 11.2 Å². The van der Waals surface area contributed by atoms with E-state index in [0.29, 0.717) is 18.7 Å². The number of nitrogens with two attached hydrogens (primary N) is 1. The molecule has 0 radical (unpaired) electrons. The second-order valence-corrected chi connectivity index (χ2v) is 6.25. The first-order valence-electron chi connectivity index (χ1n) is 6.70. The largest absolute Gasteiger partial charge is 0.491 e. The number of anilines is 2. The Morgan fingerprint density at radius 2 is 2.05 bits per heavy atom. The Kier molecular flexibility index (Phi) is 3.69. The number of benzene rings is 1. The number of nitrogens with one attached hydrogen (secondary N) is 1. The monoisotopic (exact) mass is 262 g/mol. The summed E-state index contributed by atoms with van der Waals surface area (Å²) in [6.45, 7) is 7.20. The minimum absolute atomic E-state index is 0.0494. The number of rotatable bonds is 3. The molecule has 1 aliphatic rings. The molecule has 1 aliphatic heterocycles. The van der Waals surface area contributed by atoms with Crippen molar-refractivity contribution in [1.29, 1.82) is 0 Å².